The number of carbonyl (C=O) groups excluding carboxylic acids is 1. The number of thiophene rings is 1. The van der Waals surface area contributed by atoms with E-state index in [4.69, 9.17) is 0 Å². The van der Waals surface area contributed by atoms with Gasteiger partial charge in [0.2, 0.25) is 5.91 Å². The summed E-state index contributed by atoms with van der Waals surface area (Å²) < 4.78 is 36.8. The Hall–Kier alpha value is -1.86. The number of nitrogens with one attached hydrogen (secondary N) is 1. The summed E-state index contributed by atoms with van der Waals surface area (Å²) in [6.07, 6.45) is -3.58. The van der Waals surface area contributed by atoms with Crippen LogP contribution in [0, 0.1) is 0 Å². The molecule has 1 unspecified atom stereocenters. The number of hydrogen-bond donors (Lipinski definition) is 1. The van der Waals surface area contributed by atoms with Crippen molar-refractivity contribution in [1.29, 1.82) is 0 Å². The lowest BCUT2D eigenvalue weighted by Crippen LogP contribution is -2.44. The Balaban J connectivity index is 1.78. The quantitative estimate of drug-likeness (QED) is 0.913. The molecule has 1 aliphatic heterocycles. The van der Waals surface area contributed by atoms with E-state index in [2.05, 4.69) is 0 Å². The number of amides is 1. The average molecular weight is 354 g/mol. The zero-order chi connectivity index (χ0) is 17.2. The van der Waals surface area contributed by atoms with E-state index in [1.807, 2.05) is 52.0 Å². The van der Waals surface area contributed by atoms with Crippen molar-refractivity contribution in [3.05, 3.63) is 57.8 Å². The van der Waals surface area contributed by atoms with Gasteiger partial charge in [-0.2, -0.15) is 13.2 Å². The molecule has 1 aliphatic rings. The van der Waals surface area contributed by atoms with Crippen molar-refractivity contribution >= 4 is 17.2 Å². The summed E-state index contributed by atoms with van der Waals surface area (Å²) in [5.74, 6) is -0.605. The van der Waals surface area contributed by atoms with Gasteiger partial charge in [-0.05, 0) is 29.0 Å². The number of halogens is 3. The number of carbonyl (C=O) groups is 1. The average Bonchev–Trinajstić information content (AvgIpc) is 3.01. The minimum absolute atomic E-state index is 0.0507. The van der Waals surface area contributed by atoms with Crippen LogP contribution in [-0.2, 0) is 11.2 Å². The third-order valence-corrected chi connectivity index (χ3v) is 5.01. The van der Waals surface area contributed by atoms with E-state index in [0.29, 0.717) is 6.54 Å². The van der Waals surface area contributed by atoms with Gasteiger partial charge in [0.1, 0.15) is 6.54 Å². The van der Waals surface area contributed by atoms with Crippen molar-refractivity contribution in [2.24, 2.45) is 0 Å². The first-order chi connectivity index (χ1) is 11.4. The fourth-order valence-electron chi connectivity index (χ4n) is 3.00. The van der Waals surface area contributed by atoms with Crippen LogP contribution in [0.15, 0.2) is 41.8 Å². The summed E-state index contributed by atoms with van der Waals surface area (Å²) in [7, 11) is 0. The Morgan fingerprint density at radius 2 is 2.00 bits per heavy atom. The molecule has 128 valence electrons. The van der Waals surface area contributed by atoms with Gasteiger partial charge >= 0.3 is 6.18 Å². The van der Waals surface area contributed by atoms with E-state index >= 15 is 0 Å². The Kier molecular flexibility index (Phi) is 4.91. The smallest absolute Gasteiger partial charge is 0.346 e. The van der Waals surface area contributed by atoms with Gasteiger partial charge in [-0.25, -0.2) is 0 Å². The first-order valence-corrected chi connectivity index (χ1v) is 8.51. The fraction of sp³-hybridized carbons (Fsp3) is 0.353. The van der Waals surface area contributed by atoms with Crippen LogP contribution in [0.2, 0.25) is 0 Å². The highest BCUT2D eigenvalue weighted by Crippen LogP contribution is 2.37. The molecule has 7 heteroatoms. The molecule has 0 spiro atoms. The molecule has 0 radical (unpaired) electrons. The summed E-state index contributed by atoms with van der Waals surface area (Å²) in [5, 5.41) is 3.98. The second kappa shape index (κ2) is 6.94. The summed E-state index contributed by atoms with van der Waals surface area (Å²) >= 11 is 1.68. The predicted octanol–water partition coefficient (Wildman–Crippen LogP) is 3.37. The zero-order valence-corrected chi connectivity index (χ0v) is 13.7. The maximum Gasteiger partial charge on any atom is 0.405 e. The van der Waals surface area contributed by atoms with Crippen molar-refractivity contribution in [2.75, 3.05) is 19.6 Å². The Labute approximate surface area is 142 Å². The molecule has 1 amide bonds. The topological polar surface area (TPSA) is 32.3 Å². The minimum atomic E-state index is -4.39. The van der Waals surface area contributed by atoms with E-state index in [1.54, 1.807) is 11.3 Å². The molecule has 1 aromatic heterocycles. The minimum Gasteiger partial charge on any atom is -0.346 e. The number of nitrogens with zero attached hydrogens (tertiary/aromatic N) is 1. The standard InChI is InChI=1S/C17H17F3N2OS/c18-17(19,20)11-21-15(23)10-22-8-6-14-13(7-9-24-14)16(22)12-4-2-1-3-5-12/h1-5,7,9,16H,6,8,10-11H2,(H,21,23). The normalized spacial score (nSPS) is 18.2. The molecule has 0 fully saturated rings. The molecule has 0 saturated heterocycles. The van der Waals surface area contributed by atoms with Crippen LogP contribution in [-0.4, -0.2) is 36.6 Å². The van der Waals surface area contributed by atoms with Crippen molar-refractivity contribution < 1.29 is 18.0 Å². The van der Waals surface area contributed by atoms with Crippen molar-refractivity contribution in [1.82, 2.24) is 10.2 Å². The third kappa shape index (κ3) is 3.96. The summed E-state index contributed by atoms with van der Waals surface area (Å²) in [6, 6.07) is 11.7. The first kappa shape index (κ1) is 17.0. The van der Waals surface area contributed by atoms with E-state index in [9.17, 15) is 18.0 Å². The highest BCUT2D eigenvalue weighted by atomic mass is 32.1. The van der Waals surface area contributed by atoms with Crippen molar-refractivity contribution in [3.63, 3.8) is 0 Å². The van der Waals surface area contributed by atoms with Gasteiger partial charge in [-0.1, -0.05) is 30.3 Å². The molecular formula is C17H17F3N2OS. The van der Waals surface area contributed by atoms with Crippen LogP contribution in [0.5, 0.6) is 0 Å². The van der Waals surface area contributed by atoms with Gasteiger partial charge < -0.3 is 5.32 Å². The molecular weight excluding hydrogens is 337 g/mol. The van der Waals surface area contributed by atoms with Gasteiger partial charge in [0, 0.05) is 11.4 Å². The van der Waals surface area contributed by atoms with E-state index in [-0.39, 0.29) is 12.6 Å². The van der Waals surface area contributed by atoms with Gasteiger partial charge in [-0.15, -0.1) is 11.3 Å². The van der Waals surface area contributed by atoms with Crippen LogP contribution in [0.1, 0.15) is 22.0 Å². The zero-order valence-electron chi connectivity index (χ0n) is 12.8. The van der Waals surface area contributed by atoms with Gasteiger partial charge in [0.25, 0.3) is 0 Å². The molecule has 1 aromatic carbocycles. The summed E-state index contributed by atoms with van der Waals surface area (Å²) in [5.41, 5.74) is 2.18. The van der Waals surface area contributed by atoms with Crippen LogP contribution in [0.25, 0.3) is 0 Å². The Bertz CT molecular complexity index is 699. The Morgan fingerprint density at radius 1 is 1.25 bits per heavy atom. The first-order valence-electron chi connectivity index (χ1n) is 7.63. The molecule has 2 heterocycles. The maximum atomic E-state index is 12.3. The largest absolute Gasteiger partial charge is 0.405 e. The van der Waals surface area contributed by atoms with Crippen molar-refractivity contribution in [3.8, 4) is 0 Å². The number of benzene rings is 1. The SMILES string of the molecule is O=C(CN1CCc2sccc2C1c1ccccc1)NCC(F)(F)F. The van der Waals surface area contributed by atoms with Crippen LogP contribution in [0.3, 0.4) is 0 Å². The lowest BCUT2D eigenvalue weighted by atomic mass is 9.93. The van der Waals surface area contributed by atoms with Crippen LogP contribution in [0.4, 0.5) is 13.2 Å². The van der Waals surface area contributed by atoms with E-state index in [1.165, 1.54) is 4.88 Å². The third-order valence-electron chi connectivity index (χ3n) is 4.01. The van der Waals surface area contributed by atoms with Crippen LogP contribution >= 0.6 is 11.3 Å². The van der Waals surface area contributed by atoms with E-state index < -0.39 is 18.6 Å². The van der Waals surface area contributed by atoms with Gasteiger partial charge in [0.15, 0.2) is 0 Å². The van der Waals surface area contributed by atoms with E-state index in [0.717, 1.165) is 17.5 Å². The molecule has 3 rings (SSSR count). The maximum absolute atomic E-state index is 12.3. The molecule has 0 bridgehead atoms. The second-order valence-electron chi connectivity index (χ2n) is 5.72. The highest BCUT2D eigenvalue weighted by Gasteiger charge is 2.32. The van der Waals surface area contributed by atoms with Gasteiger partial charge in [-0.3, -0.25) is 9.69 Å². The molecule has 1 atom stereocenters. The lowest BCUT2D eigenvalue weighted by molar-refractivity contribution is -0.139. The lowest BCUT2D eigenvalue weighted by Gasteiger charge is -2.35. The van der Waals surface area contributed by atoms with Gasteiger partial charge in [0.05, 0.1) is 12.6 Å². The fourth-order valence-corrected chi connectivity index (χ4v) is 3.91. The number of rotatable bonds is 4. The molecule has 3 nitrogen and oxygen atoms in total. The molecule has 0 aliphatic carbocycles. The molecule has 0 saturated carbocycles. The number of fused-ring (bicyclic) bond motifs is 1. The predicted molar refractivity (Wildman–Crippen MR) is 86.9 cm³/mol. The summed E-state index contributed by atoms with van der Waals surface area (Å²) in [6.45, 7) is -0.698. The summed E-state index contributed by atoms with van der Waals surface area (Å²) in [4.78, 5) is 15.1. The van der Waals surface area contributed by atoms with Crippen LogP contribution < -0.4 is 5.32 Å². The second-order valence-corrected chi connectivity index (χ2v) is 6.73. The highest BCUT2D eigenvalue weighted by molar-refractivity contribution is 7.10. The molecule has 2 aromatic rings. The van der Waals surface area contributed by atoms with Crippen molar-refractivity contribution in [2.45, 2.75) is 18.6 Å². The molecule has 24 heavy (non-hydrogen) atoms. The number of hydrogen-bond acceptors (Lipinski definition) is 3. The monoisotopic (exact) mass is 354 g/mol. The molecule has 1 N–H and O–H groups in total. The number of alkyl halides is 3. The Morgan fingerprint density at radius 3 is 2.71 bits per heavy atom.